The largest absolute Gasteiger partial charge is 0.456 e. The van der Waals surface area contributed by atoms with Gasteiger partial charge in [0.1, 0.15) is 11.2 Å². The van der Waals surface area contributed by atoms with E-state index in [0.29, 0.717) is 6.04 Å². The van der Waals surface area contributed by atoms with Gasteiger partial charge in [-0.15, -0.1) is 0 Å². The first-order valence-electron chi connectivity index (χ1n) is 10.5. The standard InChI is InChI=1S/C27H20N2O/c1-16(2)28-20-12-6-7-13-21(20)29-19-11-5-3-9-17(19)26-25-18-10-4-8-14-23(18)30-24(25)15-22(28)27(26)29/h3-16H,1-2H3. The number of furan rings is 1. The lowest BCUT2D eigenvalue weighted by Gasteiger charge is -2.35. The molecule has 0 amide bonds. The highest BCUT2D eigenvalue weighted by Crippen LogP contribution is 2.51. The second kappa shape index (κ2) is 5.45. The first kappa shape index (κ1) is 16.1. The summed E-state index contributed by atoms with van der Waals surface area (Å²) in [6.07, 6.45) is 0. The molecule has 0 aliphatic carbocycles. The molecule has 4 aromatic carbocycles. The second-order valence-corrected chi connectivity index (χ2v) is 8.40. The molecule has 0 unspecified atom stereocenters. The smallest absolute Gasteiger partial charge is 0.138 e. The maximum atomic E-state index is 6.37. The van der Waals surface area contributed by atoms with Gasteiger partial charge < -0.3 is 13.9 Å². The molecule has 0 spiro atoms. The number of para-hydroxylation sites is 4. The summed E-state index contributed by atoms with van der Waals surface area (Å²) in [5, 5.41) is 4.94. The number of hydrogen-bond donors (Lipinski definition) is 0. The molecule has 30 heavy (non-hydrogen) atoms. The lowest BCUT2D eigenvalue weighted by Crippen LogP contribution is -2.29. The summed E-state index contributed by atoms with van der Waals surface area (Å²) in [5.41, 5.74) is 8.07. The molecule has 1 aliphatic heterocycles. The van der Waals surface area contributed by atoms with Crippen LogP contribution < -0.4 is 4.90 Å². The van der Waals surface area contributed by atoms with Gasteiger partial charge in [0.25, 0.3) is 0 Å². The van der Waals surface area contributed by atoms with Crippen molar-refractivity contribution in [1.82, 2.24) is 4.57 Å². The van der Waals surface area contributed by atoms with E-state index in [2.05, 4.69) is 96.1 Å². The highest BCUT2D eigenvalue weighted by atomic mass is 16.3. The summed E-state index contributed by atoms with van der Waals surface area (Å²) in [6, 6.07) is 28.4. The van der Waals surface area contributed by atoms with Crippen LogP contribution in [0.25, 0.3) is 49.4 Å². The first-order chi connectivity index (χ1) is 14.7. The Morgan fingerprint density at radius 3 is 2.20 bits per heavy atom. The highest BCUT2D eigenvalue weighted by molar-refractivity contribution is 6.30. The van der Waals surface area contributed by atoms with Crippen LogP contribution in [0, 0.1) is 0 Å². The minimum atomic E-state index is 0.322. The van der Waals surface area contributed by atoms with Crippen molar-refractivity contribution in [2.45, 2.75) is 19.9 Å². The zero-order chi connectivity index (χ0) is 20.0. The quantitative estimate of drug-likeness (QED) is 0.290. The Morgan fingerprint density at radius 2 is 1.37 bits per heavy atom. The Labute approximate surface area is 173 Å². The Balaban J connectivity index is 1.84. The van der Waals surface area contributed by atoms with Gasteiger partial charge in [-0.05, 0) is 38.1 Å². The molecule has 1 aliphatic rings. The summed E-state index contributed by atoms with van der Waals surface area (Å²) >= 11 is 0. The van der Waals surface area contributed by atoms with Crippen LogP contribution in [-0.4, -0.2) is 10.6 Å². The van der Waals surface area contributed by atoms with Crippen molar-refractivity contribution in [3.63, 3.8) is 0 Å². The summed E-state index contributed by atoms with van der Waals surface area (Å²) < 4.78 is 8.81. The number of rotatable bonds is 1. The summed E-state index contributed by atoms with van der Waals surface area (Å²) in [5.74, 6) is 0. The van der Waals surface area contributed by atoms with Crippen LogP contribution in [-0.2, 0) is 0 Å². The van der Waals surface area contributed by atoms with Gasteiger partial charge >= 0.3 is 0 Å². The van der Waals surface area contributed by atoms with E-state index in [1.165, 1.54) is 49.6 Å². The molecule has 144 valence electrons. The van der Waals surface area contributed by atoms with E-state index in [-0.39, 0.29) is 0 Å². The molecular formula is C27H20N2O. The van der Waals surface area contributed by atoms with E-state index in [0.717, 1.165) is 11.2 Å². The molecule has 0 saturated carbocycles. The minimum absolute atomic E-state index is 0.322. The van der Waals surface area contributed by atoms with Gasteiger partial charge in [-0.25, -0.2) is 0 Å². The van der Waals surface area contributed by atoms with E-state index < -0.39 is 0 Å². The minimum Gasteiger partial charge on any atom is -0.456 e. The van der Waals surface area contributed by atoms with Gasteiger partial charge in [0.2, 0.25) is 0 Å². The highest BCUT2D eigenvalue weighted by Gasteiger charge is 2.31. The molecule has 3 heteroatoms. The molecule has 0 N–H and O–H groups in total. The molecule has 0 atom stereocenters. The molecule has 0 bridgehead atoms. The average molecular weight is 388 g/mol. The average Bonchev–Trinajstić information content (AvgIpc) is 3.30. The maximum absolute atomic E-state index is 6.37. The zero-order valence-corrected chi connectivity index (χ0v) is 16.9. The number of hydrogen-bond acceptors (Lipinski definition) is 2. The molecule has 0 radical (unpaired) electrons. The number of fused-ring (bicyclic) bond motifs is 9. The lowest BCUT2D eigenvalue weighted by atomic mass is 10.0. The van der Waals surface area contributed by atoms with Crippen LogP contribution in [0.2, 0.25) is 0 Å². The number of nitrogens with zero attached hydrogens (tertiary/aromatic N) is 2. The van der Waals surface area contributed by atoms with Gasteiger partial charge in [0.15, 0.2) is 0 Å². The van der Waals surface area contributed by atoms with Crippen molar-refractivity contribution >= 4 is 55.1 Å². The molecule has 2 aromatic heterocycles. The van der Waals surface area contributed by atoms with Gasteiger partial charge in [0, 0.05) is 33.7 Å². The summed E-state index contributed by atoms with van der Waals surface area (Å²) in [4.78, 5) is 2.45. The van der Waals surface area contributed by atoms with Crippen LogP contribution >= 0.6 is 0 Å². The van der Waals surface area contributed by atoms with Gasteiger partial charge in [0.05, 0.1) is 28.1 Å². The van der Waals surface area contributed by atoms with E-state index in [1.54, 1.807) is 0 Å². The lowest BCUT2D eigenvalue weighted by molar-refractivity contribution is 0.668. The molecule has 3 heterocycles. The van der Waals surface area contributed by atoms with Gasteiger partial charge in [-0.1, -0.05) is 48.5 Å². The molecule has 6 aromatic rings. The van der Waals surface area contributed by atoms with Crippen molar-refractivity contribution in [2.24, 2.45) is 0 Å². The van der Waals surface area contributed by atoms with Crippen molar-refractivity contribution in [1.29, 1.82) is 0 Å². The zero-order valence-electron chi connectivity index (χ0n) is 16.9. The Morgan fingerprint density at radius 1 is 0.667 bits per heavy atom. The maximum Gasteiger partial charge on any atom is 0.138 e. The predicted octanol–water partition coefficient (Wildman–Crippen LogP) is 7.54. The van der Waals surface area contributed by atoms with Crippen molar-refractivity contribution in [3.8, 4) is 5.69 Å². The van der Waals surface area contributed by atoms with E-state index in [4.69, 9.17) is 4.42 Å². The third-order valence-electron chi connectivity index (χ3n) is 6.42. The molecule has 7 rings (SSSR count). The first-order valence-corrected chi connectivity index (χ1v) is 10.5. The monoisotopic (exact) mass is 388 g/mol. The normalized spacial score (nSPS) is 13.2. The van der Waals surface area contributed by atoms with E-state index >= 15 is 0 Å². The molecule has 0 saturated heterocycles. The molecular weight excluding hydrogens is 368 g/mol. The van der Waals surface area contributed by atoms with E-state index in [9.17, 15) is 0 Å². The predicted molar refractivity (Wildman–Crippen MR) is 125 cm³/mol. The van der Waals surface area contributed by atoms with Crippen LogP contribution in [0.3, 0.4) is 0 Å². The van der Waals surface area contributed by atoms with Crippen LogP contribution in [0.4, 0.5) is 11.4 Å². The number of anilines is 2. The SMILES string of the molecule is CC(C)N1c2ccccc2-n2c3ccccc3c3c4c(cc1c32)oc1ccccc14. The van der Waals surface area contributed by atoms with Gasteiger partial charge in [-0.2, -0.15) is 0 Å². The van der Waals surface area contributed by atoms with Crippen molar-refractivity contribution in [3.05, 3.63) is 78.9 Å². The third-order valence-corrected chi connectivity index (χ3v) is 6.42. The number of aromatic nitrogens is 1. The Hall–Kier alpha value is -3.72. The fraction of sp³-hybridized carbons (Fsp3) is 0.111. The third kappa shape index (κ3) is 1.81. The molecule has 0 fully saturated rings. The topological polar surface area (TPSA) is 21.3 Å². The van der Waals surface area contributed by atoms with Gasteiger partial charge in [-0.3, -0.25) is 0 Å². The molecule has 3 nitrogen and oxygen atoms in total. The summed E-state index contributed by atoms with van der Waals surface area (Å²) in [6.45, 7) is 4.51. The Kier molecular flexibility index (Phi) is 2.93. The summed E-state index contributed by atoms with van der Waals surface area (Å²) in [7, 11) is 0. The second-order valence-electron chi connectivity index (χ2n) is 8.40. The number of benzene rings is 4. The van der Waals surface area contributed by atoms with Crippen molar-refractivity contribution in [2.75, 3.05) is 4.90 Å². The Bertz CT molecular complexity index is 1630. The fourth-order valence-corrected chi connectivity index (χ4v) is 5.33. The van der Waals surface area contributed by atoms with Crippen LogP contribution in [0.15, 0.2) is 83.3 Å². The van der Waals surface area contributed by atoms with Crippen molar-refractivity contribution < 1.29 is 4.42 Å². The van der Waals surface area contributed by atoms with Crippen LogP contribution in [0.5, 0.6) is 0 Å². The fourth-order valence-electron chi connectivity index (χ4n) is 5.33. The van der Waals surface area contributed by atoms with E-state index in [1.807, 2.05) is 6.07 Å². The van der Waals surface area contributed by atoms with Crippen LogP contribution in [0.1, 0.15) is 13.8 Å².